The molecule has 0 aromatic heterocycles. The van der Waals surface area contributed by atoms with Gasteiger partial charge in [0.2, 0.25) is 0 Å². The molecule has 30 atom stereocenters. The molecule has 24 aliphatic rings. The quantitative estimate of drug-likeness (QED) is 0.109. The van der Waals surface area contributed by atoms with Crippen LogP contribution < -0.4 is 0 Å². The standard InChI is InChI=1S/C52H66N2O32/c55-11-21-39-29(63)35(69)51(79-21)86-42-24(14-58)78-50(34(68)28(42)62)82-38-20(10-54-45(73)17-7-3-4-8-18(17)46(54)74)76-48(32(66)26(38)60)84-40-22(12-56)80-52(36(70)30(40)64)85-41-23(13-57)77-49(33(67)27(41)61)81-37-19(75-47(83-39)31(65)25(37)59)9-53-43(71)15-5-1-2-6-16(15)44(53)72/h1-8,19-42,47-52,55-70H,9-14H2/t19-,20-,21-,22-,23-,24-,25-,26-,27-,28-,29-,30-,31-,32-,33-,34-,35-,36-,37-,38-,39-,40-,41-,42-,47-,48-,49-,50-,51-,52-/m1/s1. The molecule has 0 saturated carbocycles. The summed E-state index contributed by atoms with van der Waals surface area (Å²) in [5.74, 6) is -3.45. The highest BCUT2D eigenvalue weighted by Gasteiger charge is 2.60. The highest BCUT2D eigenvalue weighted by atomic mass is 16.8. The molecule has 2 aromatic rings. The van der Waals surface area contributed by atoms with Gasteiger partial charge in [0.1, 0.15) is 146 Å². The Morgan fingerprint density at radius 2 is 0.442 bits per heavy atom. The minimum atomic E-state index is -2.30. The lowest BCUT2D eigenvalue weighted by Crippen LogP contribution is -2.69. The van der Waals surface area contributed by atoms with E-state index >= 15 is 0 Å². The van der Waals surface area contributed by atoms with Crippen molar-refractivity contribution in [2.75, 3.05) is 39.5 Å². The van der Waals surface area contributed by atoms with Crippen molar-refractivity contribution < 1.29 is 158 Å². The second-order valence-electron chi connectivity index (χ2n) is 22.0. The van der Waals surface area contributed by atoms with Gasteiger partial charge < -0.3 is 139 Å². The summed E-state index contributed by atoms with van der Waals surface area (Å²) in [7, 11) is 0. The van der Waals surface area contributed by atoms with Crippen LogP contribution in [0.1, 0.15) is 41.4 Å². The number of fused-ring (bicyclic) bond motifs is 2. The Hall–Kier alpha value is -4.40. The van der Waals surface area contributed by atoms with E-state index in [1.807, 2.05) is 0 Å². The van der Waals surface area contributed by atoms with Crippen LogP contribution in [0.5, 0.6) is 0 Å². The summed E-state index contributed by atoms with van der Waals surface area (Å²) in [6.07, 6.45) is -62.8. The summed E-state index contributed by atoms with van der Waals surface area (Å²) in [5, 5.41) is 182. The van der Waals surface area contributed by atoms with Crippen LogP contribution in [0.3, 0.4) is 0 Å². The fourth-order valence-electron chi connectivity index (χ4n) is 12.1. The monoisotopic (exact) mass is 1230 g/mol. The first-order chi connectivity index (χ1) is 41.1. The van der Waals surface area contributed by atoms with Crippen molar-refractivity contribution in [2.45, 2.75) is 184 Å². The first-order valence-corrected chi connectivity index (χ1v) is 27.5. The highest BCUT2D eigenvalue weighted by molar-refractivity contribution is 6.22. The van der Waals surface area contributed by atoms with E-state index in [9.17, 15) is 101 Å². The van der Waals surface area contributed by atoms with Crippen molar-refractivity contribution in [3.05, 3.63) is 70.8 Å². The summed E-state index contributed by atoms with van der Waals surface area (Å²) < 4.78 is 70.8. The van der Waals surface area contributed by atoms with Crippen LogP contribution in [0.25, 0.3) is 0 Å². The lowest BCUT2D eigenvalue weighted by Gasteiger charge is -2.51. The smallest absolute Gasteiger partial charge is 0.261 e. The summed E-state index contributed by atoms with van der Waals surface area (Å²) in [5.41, 5.74) is -0.170. The molecule has 34 nitrogen and oxygen atoms in total. The van der Waals surface area contributed by atoms with E-state index in [4.69, 9.17) is 56.8 Å². The van der Waals surface area contributed by atoms with Crippen molar-refractivity contribution in [1.82, 2.24) is 9.80 Å². The number of rotatable bonds is 8. The molecule has 476 valence electrons. The number of amides is 4. The lowest BCUT2D eigenvalue weighted by molar-refractivity contribution is -0.403. The molecule has 22 saturated heterocycles. The zero-order chi connectivity index (χ0) is 61.5. The fraction of sp³-hybridized carbons (Fsp3) is 0.692. The minimum absolute atomic E-state index is 0.0425. The van der Waals surface area contributed by atoms with E-state index in [0.29, 0.717) is 9.80 Å². The molecule has 24 heterocycles. The van der Waals surface area contributed by atoms with Crippen molar-refractivity contribution in [3.63, 3.8) is 0 Å². The van der Waals surface area contributed by atoms with Crippen LogP contribution in [-0.4, -0.2) is 339 Å². The maximum Gasteiger partial charge on any atom is 0.261 e. The van der Waals surface area contributed by atoms with Gasteiger partial charge in [0.05, 0.1) is 61.8 Å². The number of hydrogen-bond donors (Lipinski definition) is 16. The number of carbonyl (C=O) groups is 4. The predicted octanol–water partition coefficient (Wildman–Crippen LogP) is -10.4. The molecule has 0 radical (unpaired) electrons. The molecule has 34 heteroatoms. The van der Waals surface area contributed by atoms with Gasteiger partial charge in [-0.15, -0.1) is 0 Å². The average molecular weight is 1230 g/mol. The lowest BCUT2D eigenvalue weighted by atomic mass is 9.94. The Balaban J connectivity index is 0.924. The Bertz CT molecular complexity index is 2510. The SMILES string of the molecule is O=C1c2ccccc2C(=O)N1C[C@H]1O[C@@H]2O[C@H]3[C@H](O)[C@@H](O)[C@@H](O[C@H]4[C@H](O)[C@@H](O)[C@@H](O[C@H]5[C@H](O)[C@@H](O)[C@@H](O[C@H]6[C@H](O)[C@@H](O)[C@@H](O[C@H]7[C@H](O)[C@@H](O)[C@@H](O[C@H]1[C@H](O)[C@H]2O)O[C@@H]7CO)O[C@@H]6CO)O[C@@H]5CN1C(=O)c2ccccc2C1=O)O[C@@H]4CO)O[C@@H]3CO. The molecule has 0 spiro atoms. The first-order valence-electron chi connectivity index (χ1n) is 27.5. The third kappa shape index (κ3) is 11.2. The van der Waals surface area contributed by atoms with Crippen molar-refractivity contribution in [3.8, 4) is 0 Å². The van der Waals surface area contributed by atoms with Crippen molar-refractivity contribution in [1.29, 1.82) is 0 Å². The largest absolute Gasteiger partial charge is 0.394 e. The average Bonchev–Trinajstić information content (AvgIpc) is 2.93. The number of aliphatic hydroxyl groups is 16. The number of aliphatic hydroxyl groups excluding tert-OH is 16. The number of carbonyl (C=O) groups excluding carboxylic acids is 4. The molecule has 4 amide bonds. The van der Waals surface area contributed by atoms with Crippen molar-refractivity contribution >= 4 is 23.6 Å². The molecule has 26 rings (SSSR count). The third-order valence-electron chi connectivity index (χ3n) is 16.8. The third-order valence-corrected chi connectivity index (χ3v) is 16.8. The number of nitrogens with zero attached hydrogens (tertiary/aromatic N) is 2. The molecule has 86 heavy (non-hydrogen) atoms. The zero-order valence-corrected chi connectivity index (χ0v) is 44.8. The van der Waals surface area contributed by atoms with Gasteiger partial charge in [-0.3, -0.25) is 29.0 Å². The van der Waals surface area contributed by atoms with E-state index in [1.165, 1.54) is 48.5 Å². The normalized spacial score (nSPS) is 46.6. The molecular formula is C52H66N2O32. The Morgan fingerprint density at radius 1 is 0.267 bits per heavy atom. The summed E-state index contributed by atoms with van der Waals surface area (Å²) in [4.78, 5) is 56.2. The van der Waals surface area contributed by atoms with Crippen molar-refractivity contribution in [2.24, 2.45) is 0 Å². The van der Waals surface area contributed by atoms with Crippen LogP contribution in [-0.2, 0) is 56.8 Å². The van der Waals surface area contributed by atoms with E-state index in [1.54, 1.807) is 0 Å². The van der Waals surface area contributed by atoms with Crippen LogP contribution >= 0.6 is 0 Å². The van der Waals surface area contributed by atoms with E-state index in [2.05, 4.69) is 0 Å². The molecule has 0 aliphatic carbocycles. The number of benzene rings is 2. The van der Waals surface area contributed by atoms with Gasteiger partial charge in [0.15, 0.2) is 37.7 Å². The summed E-state index contributed by atoms with van der Waals surface area (Å²) in [6, 6.07) is 11.3. The van der Waals surface area contributed by atoms with E-state index in [-0.39, 0.29) is 22.3 Å². The van der Waals surface area contributed by atoms with Gasteiger partial charge in [-0.2, -0.15) is 0 Å². The molecule has 16 N–H and O–H groups in total. The zero-order valence-electron chi connectivity index (χ0n) is 44.8. The second kappa shape index (κ2) is 25.5. The Morgan fingerprint density at radius 3 is 0.628 bits per heavy atom. The maximum absolute atomic E-state index is 13.7. The molecule has 0 unspecified atom stereocenters. The first kappa shape index (κ1) is 63.2. The van der Waals surface area contributed by atoms with E-state index < -0.39 is 247 Å². The van der Waals surface area contributed by atoms with Gasteiger partial charge in [-0.25, -0.2) is 0 Å². The summed E-state index contributed by atoms with van der Waals surface area (Å²) in [6.45, 7) is -6.03. The van der Waals surface area contributed by atoms with Crippen LogP contribution in [0.15, 0.2) is 48.5 Å². The molecule has 12 bridgehead atoms. The summed E-state index contributed by atoms with van der Waals surface area (Å²) >= 11 is 0. The number of ether oxygens (including phenoxy) is 12. The van der Waals surface area contributed by atoms with Gasteiger partial charge in [-0.05, 0) is 24.3 Å². The highest BCUT2D eigenvalue weighted by Crippen LogP contribution is 2.40. The topological polar surface area (TPSA) is 509 Å². The maximum atomic E-state index is 13.7. The van der Waals surface area contributed by atoms with Crippen LogP contribution in [0.2, 0.25) is 0 Å². The number of imide groups is 2. The molecule has 22 fully saturated rings. The predicted molar refractivity (Wildman–Crippen MR) is 265 cm³/mol. The Labute approximate surface area is 484 Å². The molecular weight excluding hydrogens is 1160 g/mol. The molecule has 2 aromatic carbocycles. The molecule has 24 aliphatic heterocycles. The Kier molecular flexibility index (Phi) is 18.7. The van der Waals surface area contributed by atoms with Crippen LogP contribution in [0.4, 0.5) is 0 Å². The fourth-order valence-corrected chi connectivity index (χ4v) is 12.1. The van der Waals surface area contributed by atoms with Gasteiger partial charge in [-0.1, -0.05) is 24.3 Å². The second-order valence-corrected chi connectivity index (χ2v) is 22.0. The van der Waals surface area contributed by atoms with E-state index in [0.717, 1.165) is 0 Å². The van der Waals surface area contributed by atoms with Gasteiger partial charge in [0, 0.05) is 0 Å². The number of hydrogen-bond acceptors (Lipinski definition) is 32. The van der Waals surface area contributed by atoms with Gasteiger partial charge in [0.25, 0.3) is 23.6 Å². The minimum Gasteiger partial charge on any atom is -0.394 e. The van der Waals surface area contributed by atoms with Gasteiger partial charge >= 0.3 is 0 Å². The van der Waals surface area contributed by atoms with Crippen LogP contribution in [0, 0.1) is 0 Å².